The monoisotopic (exact) mass is 475 g/mol. The van der Waals surface area contributed by atoms with Crippen LogP contribution in [0.2, 0.25) is 0 Å². The highest BCUT2D eigenvalue weighted by molar-refractivity contribution is 6.06. The zero-order valence-electron chi connectivity index (χ0n) is 18.0. The minimum absolute atomic E-state index is 0.0524. The fourth-order valence-electron chi connectivity index (χ4n) is 4.34. The maximum absolute atomic E-state index is 13.3. The lowest BCUT2D eigenvalue weighted by Crippen LogP contribution is -2.56. The molecule has 6 rings (SSSR count). The Kier molecular flexibility index (Phi) is 4.38. The lowest BCUT2D eigenvalue weighted by molar-refractivity contribution is -0.166. The first-order valence-corrected chi connectivity index (χ1v) is 10.7. The number of nitrogens with one attached hydrogen (secondary N) is 1. The van der Waals surface area contributed by atoms with E-state index in [-0.39, 0.29) is 17.8 Å². The van der Waals surface area contributed by atoms with Crippen molar-refractivity contribution in [3.05, 3.63) is 65.9 Å². The molecule has 2 aromatic heterocycles. The number of urea groups is 1. The summed E-state index contributed by atoms with van der Waals surface area (Å²) in [7, 11) is 0. The zero-order chi connectivity index (χ0) is 24.4. The van der Waals surface area contributed by atoms with E-state index in [0.717, 1.165) is 18.7 Å². The van der Waals surface area contributed by atoms with E-state index in [1.165, 1.54) is 18.3 Å². The molecule has 0 spiro atoms. The van der Waals surface area contributed by atoms with Crippen molar-refractivity contribution < 1.29 is 18.0 Å². The van der Waals surface area contributed by atoms with Gasteiger partial charge in [0.15, 0.2) is 5.82 Å². The molecular formula is C24H16F3N7O. The van der Waals surface area contributed by atoms with Gasteiger partial charge in [-0.1, -0.05) is 30.2 Å². The van der Waals surface area contributed by atoms with E-state index in [2.05, 4.69) is 31.3 Å². The van der Waals surface area contributed by atoms with Crippen molar-refractivity contribution in [1.29, 1.82) is 0 Å². The van der Waals surface area contributed by atoms with Gasteiger partial charge in [-0.3, -0.25) is 10.2 Å². The molecule has 2 amide bonds. The van der Waals surface area contributed by atoms with E-state index in [1.54, 1.807) is 35.2 Å². The number of alkyl halides is 3. The van der Waals surface area contributed by atoms with Gasteiger partial charge in [0.05, 0.1) is 11.4 Å². The lowest BCUT2D eigenvalue weighted by Gasteiger charge is -2.39. The predicted octanol–water partition coefficient (Wildman–Crippen LogP) is 4.89. The van der Waals surface area contributed by atoms with Crippen LogP contribution in [0.1, 0.15) is 17.5 Å². The summed E-state index contributed by atoms with van der Waals surface area (Å²) in [6.45, 7) is 0.790. The molecule has 3 aliphatic rings. The van der Waals surface area contributed by atoms with E-state index in [4.69, 9.17) is 11.4 Å². The first kappa shape index (κ1) is 21.1. The van der Waals surface area contributed by atoms with Crippen molar-refractivity contribution in [3.63, 3.8) is 0 Å². The SMILES string of the molecule is C#Cc1ccc(NC(=O)N2c3nc(-c4ccc(C5(C(F)(F)F)N=N5)cc4)ccc3N3CCC32)nc1. The van der Waals surface area contributed by atoms with Crippen LogP contribution in [0.25, 0.3) is 11.3 Å². The van der Waals surface area contributed by atoms with Gasteiger partial charge in [-0.25, -0.2) is 14.8 Å². The van der Waals surface area contributed by atoms with Gasteiger partial charge in [-0.15, -0.1) is 16.7 Å². The van der Waals surface area contributed by atoms with Crippen LogP contribution in [0.5, 0.6) is 0 Å². The minimum Gasteiger partial charge on any atom is -0.347 e. The van der Waals surface area contributed by atoms with Crippen LogP contribution >= 0.6 is 0 Å². The zero-order valence-corrected chi connectivity index (χ0v) is 18.0. The van der Waals surface area contributed by atoms with Crippen molar-refractivity contribution in [2.24, 2.45) is 10.2 Å². The molecule has 1 N–H and O–H groups in total. The standard InChI is InChI=1S/C24H16F3N7O/c1-2-14-3-10-19(28-13-14)30-22(35)34-20-11-12-33(20)18-9-8-17(29-21(18)34)15-4-6-16(7-5-15)23(31-32-23)24(25,26)27/h1,3-10,13,20H,11-12H2,(H,28,30,35). The average molecular weight is 475 g/mol. The Labute approximate surface area is 197 Å². The highest BCUT2D eigenvalue weighted by Crippen LogP contribution is 2.52. The maximum atomic E-state index is 13.3. The van der Waals surface area contributed by atoms with Gasteiger partial charge in [0.2, 0.25) is 0 Å². The summed E-state index contributed by atoms with van der Waals surface area (Å²) in [4.78, 5) is 25.7. The van der Waals surface area contributed by atoms with Gasteiger partial charge in [0, 0.05) is 35.9 Å². The molecule has 3 aliphatic heterocycles. The van der Waals surface area contributed by atoms with Crippen molar-refractivity contribution in [3.8, 4) is 23.6 Å². The van der Waals surface area contributed by atoms with Gasteiger partial charge < -0.3 is 4.90 Å². The van der Waals surface area contributed by atoms with Crippen LogP contribution < -0.4 is 15.1 Å². The van der Waals surface area contributed by atoms with E-state index in [1.807, 2.05) is 6.07 Å². The first-order chi connectivity index (χ1) is 16.8. The van der Waals surface area contributed by atoms with Gasteiger partial charge in [0.25, 0.3) is 0 Å². The number of fused-ring (bicyclic) bond motifs is 3. The Morgan fingerprint density at radius 3 is 2.46 bits per heavy atom. The summed E-state index contributed by atoms with van der Waals surface area (Å²) in [5.74, 6) is 3.31. The largest absolute Gasteiger partial charge is 0.442 e. The van der Waals surface area contributed by atoms with Gasteiger partial charge in [-0.2, -0.15) is 13.2 Å². The fourth-order valence-corrected chi connectivity index (χ4v) is 4.34. The number of amides is 2. The molecule has 5 heterocycles. The minimum atomic E-state index is -4.59. The summed E-state index contributed by atoms with van der Waals surface area (Å²) < 4.78 is 39.9. The van der Waals surface area contributed by atoms with E-state index >= 15 is 0 Å². The molecule has 35 heavy (non-hydrogen) atoms. The number of rotatable bonds is 3. The number of nitrogens with zero attached hydrogens (tertiary/aromatic N) is 6. The van der Waals surface area contributed by atoms with Crippen molar-refractivity contribution in [2.45, 2.75) is 24.4 Å². The normalized spacial score (nSPS) is 18.9. The smallest absolute Gasteiger partial charge is 0.347 e. The molecule has 1 saturated heterocycles. The Balaban J connectivity index is 1.28. The van der Waals surface area contributed by atoms with Crippen molar-refractivity contribution in [1.82, 2.24) is 9.97 Å². The number of pyridine rings is 2. The predicted molar refractivity (Wildman–Crippen MR) is 122 cm³/mol. The molecule has 3 aromatic rings. The summed E-state index contributed by atoms with van der Waals surface area (Å²) >= 11 is 0. The molecule has 0 saturated carbocycles. The molecule has 11 heteroatoms. The highest BCUT2D eigenvalue weighted by atomic mass is 19.4. The summed E-state index contributed by atoms with van der Waals surface area (Å²) in [6, 6.07) is 12.4. The second-order valence-electron chi connectivity index (χ2n) is 8.33. The Bertz CT molecular complexity index is 1410. The summed E-state index contributed by atoms with van der Waals surface area (Å²) in [5, 5.41) is 9.25. The average Bonchev–Trinajstić information content (AvgIpc) is 3.62. The first-order valence-electron chi connectivity index (χ1n) is 10.7. The second-order valence-corrected chi connectivity index (χ2v) is 8.33. The lowest BCUT2D eigenvalue weighted by atomic mass is 10.00. The number of anilines is 3. The van der Waals surface area contributed by atoms with Crippen molar-refractivity contribution >= 4 is 23.4 Å². The summed E-state index contributed by atoms with van der Waals surface area (Å²) in [5.41, 5.74) is 0.0307. The molecule has 0 aliphatic carbocycles. The van der Waals surface area contributed by atoms with Crippen LogP contribution in [0.4, 0.5) is 35.3 Å². The third-order valence-electron chi connectivity index (χ3n) is 6.34. The second kappa shape index (κ2) is 7.27. The quantitative estimate of drug-likeness (QED) is 0.547. The molecule has 1 unspecified atom stereocenters. The Hall–Kier alpha value is -4.46. The number of hydrogen-bond acceptors (Lipinski definition) is 6. The molecule has 0 bridgehead atoms. The molecular weight excluding hydrogens is 459 g/mol. The van der Waals surface area contributed by atoms with E-state index in [0.29, 0.717) is 28.5 Å². The molecule has 1 aromatic carbocycles. The fraction of sp³-hybridized carbons (Fsp3) is 0.208. The van der Waals surface area contributed by atoms with Gasteiger partial charge in [0.1, 0.15) is 12.0 Å². The van der Waals surface area contributed by atoms with Crippen molar-refractivity contribution in [2.75, 3.05) is 21.7 Å². The highest BCUT2D eigenvalue weighted by Gasteiger charge is 2.65. The number of aromatic nitrogens is 2. The number of hydrogen-bond donors (Lipinski definition) is 1. The van der Waals surface area contributed by atoms with Crippen LogP contribution in [0, 0.1) is 12.3 Å². The topological polar surface area (TPSA) is 86.1 Å². The van der Waals surface area contributed by atoms with Crippen LogP contribution in [-0.4, -0.2) is 34.9 Å². The van der Waals surface area contributed by atoms with Gasteiger partial charge >= 0.3 is 17.9 Å². The number of halogens is 3. The van der Waals surface area contributed by atoms with E-state index in [9.17, 15) is 18.0 Å². The molecule has 8 nitrogen and oxygen atoms in total. The molecule has 174 valence electrons. The number of terminal acetylenes is 1. The van der Waals surface area contributed by atoms with Crippen LogP contribution in [0.3, 0.4) is 0 Å². The van der Waals surface area contributed by atoms with Crippen LogP contribution in [-0.2, 0) is 5.66 Å². The number of carbonyl (C=O) groups is 1. The molecule has 1 atom stereocenters. The third kappa shape index (κ3) is 3.21. The molecule has 1 fully saturated rings. The van der Waals surface area contributed by atoms with Gasteiger partial charge in [-0.05, 0) is 24.3 Å². The Morgan fingerprint density at radius 1 is 1.11 bits per heavy atom. The maximum Gasteiger partial charge on any atom is 0.442 e. The summed E-state index contributed by atoms with van der Waals surface area (Å²) in [6.07, 6.45) is 2.88. The van der Waals surface area contributed by atoms with Crippen LogP contribution in [0.15, 0.2) is 65.0 Å². The Morgan fingerprint density at radius 2 is 1.89 bits per heavy atom. The third-order valence-corrected chi connectivity index (χ3v) is 6.34. The number of benzene rings is 1. The number of carbonyl (C=O) groups excluding carboxylic acids is 1. The molecule has 0 radical (unpaired) electrons. The van der Waals surface area contributed by atoms with E-state index < -0.39 is 11.8 Å².